The number of hydrogen-bond acceptors (Lipinski definition) is 7. The average molecular weight is 556 g/mol. The number of ether oxygens (including phenoxy) is 1. The number of hydrogen-bond donors (Lipinski definition) is 5. The molecule has 1 aliphatic rings. The summed E-state index contributed by atoms with van der Waals surface area (Å²) < 4.78 is 4.90. The lowest BCUT2D eigenvalue weighted by Gasteiger charge is -2.26. The van der Waals surface area contributed by atoms with Crippen LogP contribution in [0.3, 0.4) is 0 Å². The van der Waals surface area contributed by atoms with Crippen molar-refractivity contribution < 1.29 is 28.7 Å². The summed E-state index contributed by atoms with van der Waals surface area (Å²) in [6.45, 7) is 6.31. The molecule has 1 aromatic rings. The number of nitrogens with two attached hydrogens (primary N) is 1. The normalized spacial score (nSPS) is 16.8. The number of carbonyl (C=O) groups excluding carboxylic acids is 5. The Hall–Kier alpha value is -3.99. The highest BCUT2D eigenvalue weighted by Crippen LogP contribution is 2.10. The van der Waals surface area contributed by atoms with Crippen LogP contribution < -0.4 is 27.0 Å². The molecule has 218 valence electrons. The summed E-state index contributed by atoms with van der Waals surface area (Å²) in [7, 11) is 0. The van der Waals surface area contributed by atoms with Gasteiger partial charge in [0.15, 0.2) is 0 Å². The third kappa shape index (κ3) is 11.8. The minimum atomic E-state index is -1.00. The van der Waals surface area contributed by atoms with Gasteiger partial charge in [-0.15, -0.1) is 0 Å². The van der Waals surface area contributed by atoms with E-state index in [-0.39, 0.29) is 37.7 Å². The predicted molar refractivity (Wildman–Crippen MR) is 151 cm³/mol. The number of amides is 4. The molecular weight excluding hydrogens is 514 g/mol. The van der Waals surface area contributed by atoms with Crippen LogP contribution in [0.1, 0.15) is 45.6 Å². The SMILES string of the molecule is CCOC(=O)C=C[C@H](CCC(N)=O)NC(=O)[C@H](Cc1ccccc1)NC(=O)[C@H](CC(C)C)NC(=O)[C@@H]1C=CCN1. The van der Waals surface area contributed by atoms with Crippen molar-refractivity contribution in [3.63, 3.8) is 0 Å². The van der Waals surface area contributed by atoms with Crippen LogP contribution in [0, 0.1) is 5.92 Å². The average Bonchev–Trinajstić information content (AvgIpc) is 3.45. The molecule has 0 spiro atoms. The van der Waals surface area contributed by atoms with Gasteiger partial charge in [0.1, 0.15) is 18.1 Å². The van der Waals surface area contributed by atoms with Gasteiger partial charge in [-0.3, -0.25) is 24.5 Å². The first-order valence-electron chi connectivity index (χ1n) is 13.6. The second kappa shape index (κ2) is 16.9. The van der Waals surface area contributed by atoms with E-state index < -0.39 is 47.9 Å². The van der Waals surface area contributed by atoms with Gasteiger partial charge in [-0.2, -0.15) is 0 Å². The Morgan fingerprint density at radius 1 is 1.05 bits per heavy atom. The number of carbonyl (C=O) groups is 5. The molecule has 0 bridgehead atoms. The number of benzene rings is 1. The lowest BCUT2D eigenvalue weighted by atomic mass is 10.0. The Kier molecular flexibility index (Phi) is 13.6. The van der Waals surface area contributed by atoms with Crippen LogP contribution in [0.4, 0.5) is 0 Å². The monoisotopic (exact) mass is 555 g/mol. The smallest absolute Gasteiger partial charge is 0.330 e. The van der Waals surface area contributed by atoms with Crippen LogP contribution in [-0.4, -0.2) is 66.9 Å². The van der Waals surface area contributed by atoms with Gasteiger partial charge in [0.25, 0.3) is 0 Å². The van der Waals surface area contributed by atoms with Crippen molar-refractivity contribution in [1.29, 1.82) is 0 Å². The molecule has 40 heavy (non-hydrogen) atoms. The van der Waals surface area contributed by atoms with E-state index in [1.807, 2.05) is 50.3 Å². The summed E-state index contributed by atoms with van der Waals surface area (Å²) in [4.78, 5) is 62.9. The minimum absolute atomic E-state index is 0.0278. The molecule has 0 aliphatic carbocycles. The molecule has 1 aromatic carbocycles. The molecule has 11 nitrogen and oxygen atoms in total. The highest BCUT2D eigenvalue weighted by Gasteiger charge is 2.30. The van der Waals surface area contributed by atoms with E-state index in [9.17, 15) is 24.0 Å². The van der Waals surface area contributed by atoms with E-state index in [0.29, 0.717) is 13.0 Å². The number of nitrogens with one attached hydrogen (secondary N) is 4. The second-order valence-corrected chi connectivity index (χ2v) is 9.99. The Morgan fingerprint density at radius 2 is 1.75 bits per heavy atom. The molecule has 1 heterocycles. The largest absolute Gasteiger partial charge is 0.463 e. The van der Waals surface area contributed by atoms with E-state index >= 15 is 0 Å². The van der Waals surface area contributed by atoms with Crippen molar-refractivity contribution in [1.82, 2.24) is 21.3 Å². The zero-order valence-electron chi connectivity index (χ0n) is 23.4. The lowest BCUT2D eigenvalue weighted by Crippen LogP contribution is -2.57. The lowest BCUT2D eigenvalue weighted by molar-refractivity contribution is -0.137. The van der Waals surface area contributed by atoms with Crippen molar-refractivity contribution in [2.24, 2.45) is 11.7 Å². The Labute approximate surface area is 235 Å². The van der Waals surface area contributed by atoms with Crippen molar-refractivity contribution in [3.05, 3.63) is 60.2 Å². The van der Waals surface area contributed by atoms with E-state index in [1.165, 1.54) is 12.2 Å². The third-order valence-corrected chi connectivity index (χ3v) is 6.10. The molecule has 4 amide bonds. The van der Waals surface area contributed by atoms with Crippen molar-refractivity contribution in [2.45, 2.75) is 70.6 Å². The molecule has 0 fully saturated rings. The molecule has 0 saturated carbocycles. The molecule has 0 radical (unpaired) electrons. The fraction of sp³-hybridized carbons (Fsp3) is 0.483. The summed E-state index contributed by atoms with van der Waals surface area (Å²) >= 11 is 0. The van der Waals surface area contributed by atoms with Crippen LogP contribution in [-0.2, 0) is 35.1 Å². The first-order valence-corrected chi connectivity index (χ1v) is 13.6. The molecule has 2 rings (SSSR count). The number of esters is 1. The molecule has 4 atom stereocenters. The maximum Gasteiger partial charge on any atom is 0.330 e. The molecule has 0 saturated heterocycles. The van der Waals surface area contributed by atoms with E-state index in [0.717, 1.165) is 5.56 Å². The van der Waals surface area contributed by atoms with Gasteiger partial charge >= 0.3 is 5.97 Å². The van der Waals surface area contributed by atoms with Crippen molar-refractivity contribution >= 4 is 29.6 Å². The van der Waals surface area contributed by atoms with Gasteiger partial charge in [0.05, 0.1) is 6.61 Å². The summed E-state index contributed by atoms with van der Waals surface area (Å²) in [6.07, 6.45) is 6.87. The molecular formula is C29H41N5O6. The van der Waals surface area contributed by atoms with E-state index in [1.54, 1.807) is 13.0 Å². The summed E-state index contributed by atoms with van der Waals surface area (Å²) in [5.74, 6) is -2.39. The van der Waals surface area contributed by atoms with Crippen LogP contribution in [0.25, 0.3) is 0 Å². The molecule has 6 N–H and O–H groups in total. The molecule has 0 aromatic heterocycles. The molecule has 1 aliphatic heterocycles. The van der Waals surface area contributed by atoms with Gasteiger partial charge in [0, 0.05) is 31.5 Å². The van der Waals surface area contributed by atoms with Crippen molar-refractivity contribution in [3.8, 4) is 0 Å². The molecule has 11 heteroatoms. The van der Waals surface area contributed by atoms with Crippen LogP contribution in [0.5, 0.6) is 0 Å². The van der Waals surface area contributed by atoms with Gasteiger partial charge in [0.2, 0.25) is 23.6 Å². The first-order chi connectivity index (χ1) is 19.1. The van der Waals surface area contributed by atoms with Gasteiger partial charge in [-0.1, -0.05) is 62.4 Å². The quantitative estimate of drug-likeness (QED) is 0.113. The van der Waals surface area contributed by atoms with Gasteiger partial charge < -0.3 is 26.4 Å². The second-order valence-electron chi connectivity index (χ2n) is 9.99. The topological polar surface area (TPSA) is 169 Å². The van der Waals surface area contributed by atoms with Crippen LogP contribution in [0.2, 0.25) is 0 Å². The summed E-state index contributed by atoms with van der Waals surface area (Å²) in [5, 5.41) is 11.4. The minimum Gasteiger partial charge on any atom is -0.463 e. The zero-order valence-corrected chi connectivity index (χ0v) is 23.4. The zero-order chi connectivity index (χ0) is 29.5. The third-order valence-electron chi connectivity index (χ3n) is 6.10. The van der Waals surface area contributed by atoms with E-state index in [4.69, 9.17) is 10.5 Å². The highest BCUT2D eigenvalue weighted by atomic mass is 16.5. The Balaban J connectivity index is 2.23. The summed E-state index contributed by atoms with van der Waals surface area (Å²) in [6, 6.07) is 6.07. The summed E-state index contributed by atoms with van der Waals surface area (Å²) in [5.41, 5.74) is 6.10. The Bertz CT molecular complexity index is 1070. The number of rotatable bonds is 16. The number of primary amides is 1. The van der Waals surface area contributed by atoms with Crippen LogP contribution in [0.15, 0.2) is 54.6 Å². The van der Waals surface area contributed by atoms with E-state index in [2.05, 4.69) is 21.3 Å². The van der Waals surface area contributed by atoms with Gasteiger partial charge in [-0.25, -0.2) is 4.79 Å². The maximum absolute atomic E-state index is 13.5. The van der Waals surface area contributed by atoms with Crippen molar-refractivity contribution in [2.75, 3.05) is 13.2 Å². The fourth-order valence-corrected chi connectivity index (χ4v) is 4.13. The fourth-order valence-electron chi connectivity index (χ4n) is 4.13. The van der Waals surface area contributed by atoms with Crippen LogP contribution >= 0.6 is 0 Å². The van der Waals surface area contributed by atoms with Gasteiger partial charge in [-0.05, 0) is 31.2 Å². The first kappa shape index (κ1) is 32.2. The Morgan fingerprint density at radius 3 is 2.35 bits per heavy atom. The standard InChI is InChI=1S/C29H41N5O6/c1-4-40-26(36)15-13-21(12-14-25(30)35)32-28(38)24(18-20-9-6-5-7-10-20)34-29(39)23(17-19(2)3)33-27(37)22-11-8-16-31-22/h5-11,13,15,19,21-24,31H,4,12,14,16-18H2,1-3H3,(H2,30,35)(H,32,38)(H,33,37)(H,34,39)/t21-,22-,23-,24-/m0/s1. The molecule has 0 unspecified atom stereocenters. The predicted octanol–water partition coefficient (Wildman–Crippen LogP) is 0.642. The maximum atomic E-state index is 13.5. The highest BCUT2D eigenvalue weighted by molar-refractivity contribution is 5.94.